The number of rotatable bonds is 5. The van der Waals surface area contributed by atoms with Crippen molar-refractivity contribution in [3.05, 3.63) is 65.2 Å². The molecule has 4 rings (SSSR count). The molecule has 0 spiro atoms. The third kappa shape index (κ3) is 2.93. The standard InChI is InChI=1S/C20H19F2N3O2/c1-25-17(26)20(24-19(25)23,14-7-9-16(10-8-14)27-18(21)22)15-4-2-3-13(11-15)12-5-6-12/h2-4,7-12,18H,5-6H2,1H3,(H2,23,24). The summed E-state index contributed by atoms with van der Waals surface area (Å²) >= 11 is 0. The van der Waals surface area contributed by atoms with E-state index in [1.807, 2.05) is 24.3 Å². The van der Waals surface area contributed by atoms with Crippen LogP contribution in [0, 0.1) is 0 Å². The highest BCUT2D eigenvalue weighted by Crippen LogP contribution is 2.44. The predicted octanol–water partition coefficient (Wildman–Crippen LogP) is 3.20. The quantitative estimate of drug-likeness (QED) is 0.878. The van der Waals surface area contributed by atoms with Crippen molar-refractivity contribution in [3.63, 3.8) is 0 Å². The fraction of sp³-hybridized carbons (Fsp3) is 0.300. The van der Waals surface area contributed by atoms with Gasteiger partial charge in [-0.1, -0.05) is 36.4 Å². The largest absolute Gasteiger partial charge is 0.435 e. The van der Waals surface area contributed by atoms with E-state index in [1.54, 1.807) is 19.2 Å². The van der Waals surface area contributed by atoms with Crippen molar-refractivity contribution < 1.29 is 18.3 Å². The zero-order valence-corrected chi connectivity index (χ0v) is 14.7. The second-order valence-electron chi connectivity index (χ2n) is 6.85. The summed E-state index contributed by atoms with van der Waals surface area (Å²) < 4.78 is 29.3. The fourth-order valence-electron chi connectivity index (χ4n) is 3.50. The third-order valence-electron chi connectivity index (χ3n) is 5.09. The zero-order chi connectivity index (χ0) is 19.2. The number of halogens is 2. The average molecular weight is 371 g/mol. The Morgan fingerprint density at radius 3 is 2.44 bits per heavy atom. The van der Waals surface area contributed by atoms with E-state index in [2.05, 4.69) is 9.73 Å². The van der Waals surface area contributed by atoms with Crippen molar-refractivity contribution in [2.45, 2.75) is 30.9 Å². The van der Waals surface area contributed by atoms with E-state index >= 15 is 0 Å². The van der Waals surface area contributed by atoms with Crippen molar-refractivity contribution in [1.29, 1.82) is 0 Å². The molecule has 0 radical (unpaired) electrons. The second-order valence-corrected chi connectivity index (χ2v) is 6.85. The van der Waals surface area contributed by atoms with Crippen LogP contribution in [0.2, 0.25) is 0 Å². The average Bonchev–Trinajstić information content (AvgIpc) is 3.47. The molecular weight excluding hydrogens is 352 g/mol. The van der Waals surface area contributed by atoms with Crippen LogP contribution in [-0.2, 0) is 10.3 Å². The van der Waals surface area contributed by atoms with Gasteiger partial charge in [-0.25, -0.2) is 4.99 Å². The topological polar surface area (TPSA) is 67.9 Å². The summed E-state index contributed by atoms with van der Waals surface area (Å²) in [6.45, 7) is -2.91. The number of carbonyl (C=O) groups excluding carboxylic acids is 1. The normalized spacial score (nSPS) is 22.3. The highest BCUT2D eigenvalue weighted by Gasteiger charge is 2.49. The number of amides is 1. The summed E-state index contributed by atoms with van der Waals surface area (Å²) in [5, 5.41) is 0. The van der Waals surface area contributed by atoms with E-state index in [4.69, 9.17) is 5.73 Å². The number of aliphatic imine (C=N–C) groups is 1. The minimum Gasteiger partial charge on any atom is -0.435 e. The number of guanidine groups is 1. The van der Waals surface area contributed by atoms with Crippen LogP contribution >= 0.6 is 0 Å². The lowest BCUT2D eigenvalue weighted by atomic mass is 9.82. The summed E-state index contributed by atoms with van der Waals surface area (Å²) in [4.78, 5) is 19.0. The van der Waals surface area contributed by atoms with Crippen molar-refractivity contribution >= 4 is 11.9 Å². The van der Waals surface area contributed by atoms with Gasteiger partial charge in [0.15, 0.2) is 11.5 Å². The fourth-order valence-corrected chi connectivity index (χ4v) is 3.50. The summed E-state index contributed by atoms with van der Waals surface area (Å²) in [5.74, 6) is 0.367. The molecule has 1 aliphatic carbocycles. The first kappa shape index (κ1) is 17.5. The highest BCUT2D eigenvalue weighted by molar-refractivity contribution is 6.08. The molecular formula is C20H19F2N3O2. The summed E-state index contributed by atoms with van der Waals surface area (Å²) in [6.07, 6.45) is 2.27. The molecule has 5 nitrogen and oxygen atoms in total. The maximum Gasteiger partial charge on any atom is 0.387 e. The number of hydrogen-bond donors (Lipinski definition) is 1. The van der Waals surface area contributed by atoms with E-state index in [0.29, 0.717) is 17.0 Å². The first-order valence-corrected chi connectivity index (χ1v) is 8.71. The minimum atomic E-state index is -2.91. The predicted molar refractivity (Wildman–Crippen MR) is 96.7 cm³/mol. The smallest absolute Gasteiger partial charge is 0.387 e. The molecule has 1 amide bonds. The lowest BCUT2D eigenvalue weighted by molar-refractivity contribution is -0.129. The third-order valence-corrected chi connectivity index (χ3v) is 5.09. The maximum atomic E-state index is 13.2. The summed E-state index contributed by atoms with van der Waals surface area (Å²) in [7, 11) is 1.57. The van der Waals surface area contributed by atoms with E-state index in [0.717, 1.165) is 12.8 Å². The van der Waals surface area contributed by atoms with Crippen LogP contribution in [-0.4, -0.2) is 30.4 Å². The van der Waals surface area contributed by atoms with Gasteiger partial charge in [-0.15, -0.1) is 0 Å². The maximum absolute atomic E-state index is 13.2. The Hall–Kier alpha value is -2.96. The van der Waals surface area contributed by atoms with Gasteiger partial charge in [0.1, 0.15) is 5.75 Å². The Balaban J connectivity index is 1.83. The number of ether oxygens (including phenoxy) is 1. The van der Waals surface area contributed by atoms with Crippen LogP contribution in [0.15, 0.2) is 53.5 Å². The lowest BCUT2D eigenvalue weighted by Gasteiger charge is -2.26. The van der Waals surface area contributed by atoms with Crippen LogP contribution in [0.5, 0.6) is 5.75 Å². The van der Waals surface area contributed by atoms with Gasteiger partial charge in [-0.3, -0.25) is 9.69 Å². The molecule has 140 valence electrons. The molecule has 0 aromatic heterocycles. The molecule has 0 bridgehead atoms. The zero-order valence-electron chi connectivity index (χ0n) is 14.7. The Morgan fingerprint density at radius 2 is 1.89 bits per heavy atom. The van der Waals surface area contributed by atoms with Crippen LogP contribution in [0.1, 0.15) is 35.4 Å². The molecule has 1 atom stereocenters. The molecule has 1 saturated carbocycles. The Kier molecular flexibility index (Phi) is 4.09. The molecule has 2 N–H and O–H groups in total. The van der Waals surface area contributed by atoms with Crippen molar-refractivity contribution in [2.24, 2.45) is 10.7 Å². The van der Waals surface area contributed by atoms with Gasteiger partial charge in [0.2, 0.25) is 0 Å². The number of nitrogens with two attached hydrogens (primary N) is 1. The first-order valence-electron chi connectivity index (χ1n) is 8.71. The second kappa shape index (κ2) is 6.33. The van der Waals surface area contributed by atoms with Gasteiger partial charge in [0.05, 0.1) is 0 Å². The van der Waals surface area contributed by atoms with E-state index in [-0.39, 0.29) is 17.6 Å². The van der Waals surface area contributed by atoms with E-state index < -0.39 is 12.2 Å². The molecule has 7 heteroatoms. The van der Waals surface area contributed by atoms with Gasteiger partial charge in [0, 0.05) is 7.05 Å². The molecule has 1 aliphatic heterocycles. The summed E-state index contributed by atoms with van der Waals surface area (Å²) in [5.41, 5.74) is 7.06. The molecule has 1 fully saturated rings. The van der Waals surface area contributed by atoms with Crippen LogP contribution < -0.4 is 10.5 Å². The SMILES string of the molecule is CN1C(=O)C(c2ccc(OC(F)F)cc2)(c2cccc(C3CC3)c2)N=C1N. The molecule has 1 heterocycles. The number of alkyl halides is 2. The van der Waals surface area contributed by atoms with Crippen molar-refractivity contribution in [1.82, 2.24) is 4.90 Å². The van der Waals surface area contributed by atoms with Crippen molar-refractivity contribution in [2.75, 3.05) is 7.05 Å². The first-order chi connectivity index (χ1) is 12.9. The van der Waals surface area contributed by atoms with Gasteiger partial charge < -0.3 is 10.5 Å². The van der Waals surface area contributed by atoms with Gasteiger partial charge in [-0.2, -0.15) is 8.78 Å². The van der Waals surface area contributed by atoms with Crippen molar-refractivity contribution in [3.8, 4) is 5.75 Å². The number of carbonyl (C=O) groups is 1. The summed E-state index contributed by atoms with van der Waals surface area (Å²) in [6, 6.07) is 13.8. The molecule has 2 aromatic rings. The van der Waals surface area contributed by atoms with Gasteiger partial charge in [-0.05, 0) is 47.6 Å². The van der Waals surface area contributed by atoms with Crippen LogP contribution in [0.3, 0.4) is 0 Å². The lowest BCUT2D eigenvalue weighted by Crippen LogP contribution is -2.41. The molecule has 1 unspecified atom stereocenters. The molecule has 2 aliphatic rings. The molecule has 2 aromatic carbocycles. The van der Waals surface area contributed by atoms with Gasteiger partial charge >= 0.3 is 6.61 Å². The molecule has 0 saturated heterocycles. The monoisotopic (exact) mass is 371 g/mol. The number of hydrogen-bond acceptors (Lipinski definition) is 4. The van der Waals surface area contributed by atoms with Crippen LogP contribution in [0.25, 0.3) is 0 Å². The Bertz CT molecular complexity index is 910. The minimum absolute atomic E-state index is 0.0198. The molecule has 27 heavy (non-hydrogen) atoms. The highest BCUT2D eigenvalue weighted by atomic mass is 19.3. The number of nitrogens with zero attached hydrogens (tertiary/aromatic N) is 2. The Labute approximate surface area is 155 Å². The number of likely N-dealkylation sites (N-methyl/N-ethyl adjacent to an activating group) is 1. The van der Waals surface area contributed by atoms with Crippen LogP contribution in [0.4, 0.5) is 8.78 Å². The Morgan fingerprint density at radius 1 is 1.19 bits per heavy atom. The van der Waals surface area contributed by atoms with E-state index in [9.17, 15) is 13.6 Å². The van der Waals surface area contributed by atoms with Gasteiger partial charge in [0.25, 0.3) is 5.91 Å². The van der Waals surface area contributed by atoms with E-state index in [1.165, 1.54) is 22.6 Å². The number of benzene rings is 2.